The monoisotopic (exact) mass is 270 g/mol. The average molecular weight is 270 g/mol. The molecule has 2 heteroatoms. The molecule has 0 aromatic heterocycles. The fourth-order valence-electron chi connectivity index (χ4n) is 2.39. The molecule has 2 aromatic rings. The Morgan fingerprint density at radius 1 is 0.850 bits per heavy atom. The molecule has 2 nitrogen and oxygen atoms in total. The van der Waals surface area contributed by atoms with E-state index in [2.05, 4.69) is 36.4 Å². The van der Waals surface area contributed by atoms with Crippen LogP contribution < -0.4 is 4.74 Å². The summed E-state index contributed by atoms with van der Waals surface area (Å²) in [5.41, 5.74) is 4.06. The van der Waals surface area contributed by atoms with Crippen LogP contribution in [0.3, 0.4) is 0 Å². The first-order valence-corrected chi connectivity index (χ1v) is 7.14. The van der Waals surface area contributed by atoms with E-state index in [1.54, 1.807) is 7.11 Å². The first kappa shape index (κ1) is 14.6. The van der Waals surface area contributed by atoms with E-state index in [1.165, 1.54) is 16.7 Å². The third-order valence-electron chi connectivity index (χ3n) is 3.56. The highest BCUT2D eigenvalue weighted by molar-refractivity contribution is 5.31. The molecule has 0 aliphatic heterocycles. The molecule has 0 atom stereocenters. The van der Waals surface area contributed by atoms with E-state index in [-0.39, 0.29) is 6.61 Å². The number of hydrogen-bond acceptors (Lipinski definition) is 2. The summed E-state index contributed by atoms with van der Waals surface area (Å²) in [6, 6.07) is 16.8. The Bertz CT molecular complexity index is 517. The summed E-state index contributed by atoms with van der Waals surface area (Å²) in [6.07, 6.45) is 3.85. The smallest absolute Gasteiger partial charge is 0.118 e. The molecule has 0 amide bonds. The minimum absolute atomic E-state index is 0.257. The molecule has 0 saturated heterocycles. The number of aliphatic hydroxyl groups is 1. The Morgan fingerprint density at radius 2 is 1.50 bits per heavy atom. The first-order valence-electron chi connectivity index (χ1n) is 7.14. The van der Waals surface area contributed by atoms with Crippen LogP contribution >= 0.6 is 0 Å². The molecule has 0 radical (unpaired) electrons. The molecule has 0 aliphatic rings. The Kier molecular flexibility index (Phi) is 5.63. The molecule has 1 N–H and O–H groups in total. The zero-order chi connectivity index (χ0) is 14.2. The molecule has 0 unspecified atom stereocenters. The maximum Gasteiger partial charge on any atom is 0.118 e. The lowest BCUT2D eigenvalue weighted by Gasteiger charge is -2.09. The van der Waals surface area contributed by atoms with Gasteiger partial charge in [0.1, 0.15) is 5.75 Å². The van der Waals surface area contributed by atoms with Crippen molar-refractivity contribution in [3.05, 3.63) is 65.2 Å². The van der Waals surface area contributed by atoms with E-state index in [0.29, 0.717) is 0 Å². The van der Waals surface area contributed by atoms with Crippen molar-refractivity contribution in [2.24, 2.45) is 0 Å². The average Bonchev–Trinajstić information content (AvgIpc) is 2.52. The summed E-state index contributed by atoms with van der Waals surface area (Å²) in [7, 11) is 1.69. The summed E-state index contributed by atoms with van der Waals surface area (Å²) in [5.74, 6) is 0.900. The Balaban J connectivity index is 1.98. The van der Waals surface area contributed by atoms with Crippen LogP contribution in [0.25, 0.3) is 0 Å². The second-order valence-electron chi connectivity index (χ2n) is 4.94. The summed E-state index contributed by atoms with van der Waals surface area (Å²) >= 11 is 0. The Labute approximate surface area is 121 Å². The zero-order valence-electron chi connectivity index (χ0n) is 12.0. The van der Waals surface area contributed by atoms with Crippen molar-refractivity contribution in [1.82, 2.24) is 0 Å². The van der Waals surface area contributed by atoms with E-state index in [4.69, 9.17) is 9.84 Å². The van der Waals surface area contributed by atoms with Crippen LogP contribution in [-0.2, 0) is 19.3 Å². The predicted molar refractivity (Wildman–Crippen MR) is 82.3 cm³/mol. The van der Waals surface area contributed by atoms with E-state index in [9.17, 15) is 0 Å². The minimum Gasteiger partial charge on any atom is -0.497 e. The highest BCUT2D eigenvalue weighted by Crippen LogP contribution is 2.16. The Morgan fingerprint density at radius 3 is 2.10 bits per heavy atom. The number of hydrogen-bond donors (Lipinski definition) is 1. The number of methoxy groups -OCH3 is 1. The molecular formula is C18H22O2. The van der Waals surface area contributed by atoms with Crippen molar-refractivity contribution >= 4 is 0 Å². The predicted octanol–water partition coefficient (Wildman–Crippen LogP) is 3.41. The van der Waals surface area contributed by atoms with Gasteiger partial charge in [0.05, 0.1) is 7.11 Å². The maximum atomic E-state index is 8.96. The molecule has 0 saturated carbocycles. The van der Waals surface area contributed by atoms with Gasteiger partial charge in [0.2, 0.25) is 0 Å². The standard InChI is InChI=1S/C18H22O2/c1-20-18-12-9-15(10-13-18)8-11-17-6-3-2-5-16(17)7-4-14-19/h2-3,5-6,9-10,12-13,19H,4,7-8,11,14H2,1H3. The molecule has 0 bridgehead atoms. The largest absolute Gasteiger partial charge is 0.497 e. The van der Waals surface area contributed by atoms with Gasteiger partial charge in [-0.2, -0.15) is 0 Å². The number of rotatable bonds is 7. The van der Waals surface area contributed by atoms with E-state index >= 15 is 0 Å². The molecule has 2 rings (SSSR count). The SMILES string of the molecule is COc1ccc(CCc2ccccc2CCCO)cc1. The lowest BCUT2D eigenvalue weighted by Crippen LogP contribution is -1.98. The van der Waals surface area contributed by atoms with Crippen LogP contribution in [0.15, 0.2) is 48.5 Å². The highest BCUT2D eigenvalue weighted by Gasteiger charge is 2.02. The van der Waals surface area contributed by atoms with Crippen molar-refractivity contribution in [1.29, 1.82) is 0 Å². The second kappa shape index (κ2) is 7.71. The van der Waals surface area contributed by atoms with Gasteiger partial charge in [-0.15, -0.1) is 0 Å². The van der Waals surface area contributed by atoms with Crippen LogP contribution in [0.2, 0.25) is 0 Å². The molecule has 0 fully saturated rings. The molecule has 2 aromatic carbocycles. The number of aliphatic hydroxyl groups excluding tert-OH is 1. The zero-order valence-corrected chi connectivity index (χ0v) is 12.0. The van der Waals surface area contributed by atoms with Gasteiger partial charge in [0.15, 0.2) is 0 Å². The minimum atomic E-state index is 0.257. The normalized spacial score (nSPS) is 10.5. The first-order chi connectivity index (χ1) is 9.83. The van der Waals surface area contributed by atoms with Crippen LogP contribution in [-0.4, -0.2) is 18.8 Å². The fourth-order valence-corrected chi connectivity index (χ4v) is 2.39. The van der Waals surface area contributed by atoms with Crippen molar-refractivity contribution in [3.8, 4) is 5.75 Å². The van der Waals surface area contributed by atoms with Crippen molar-refractivity contribution < 1.29 is 9.84 Å². The lowest BCUT2D eigenvalue weighted by atomic mass is 9.97. The Hall–Kier alpha value is -1.80. The van der Waals surface area contributed by atoms with Gasteiger partial charge in [-0.05, 0) is 54.5 Å². The number of ether oxygens (including phenoxy) is 1. The van der Waals surface area contributed by atoms with Gasteiger partial charge in [-0.1, -0.05) is 36.4 Å². The maximum absolute atomic E-state index is 8.96. The number of aryl methyl sites for hydroxylation is 3. The molecular weight excluding hydrogens is 248 g/mol. The topological polar surface area (TPSA) is 29.5 Å². The quantitative estimate of drug-likeness (QED) is 0.835. The van der Waals surface area contributed by atoms with Crippen LogP contribution in [0.4, 0.5) is 0 Å². The molecule has 106 valence electrons. The highest BCUT2D eigenvalue weighted by atomic mass is 16.5. The number of benzene rings is 2. The molecule has 20 heavy (non-hydrogen) atoms. The van der Waals surface area contributed by atoms with Gasteiger partial charge in [-0.3, -0.25) is 0 Å². The molecule has 0 spiro atoms. The second-order valence-corrected chi connectivity index (χ2v) is 4.94. The summed E-state index contributed by atoms with van der Waals surface area (Å²) < 4.78 is 5.17. The van der Waals surface area contributed by atoms with Gasteiger partial charge < -0.3 is 9.84 Å². The van der Waals surface area contributed by atoms with Crippen molar-refractivity contribution in [2.75, 3.05) is 13.7 Å². The summed E-state index contributed by atoms with van der Waals surface area (Å²) in [4.78, 5) is 0. The van der Waals surface area contributed by atoms with Gasteiger partial charge in [0, 0.05) is 6.61 Å². The van der Waals surface area contributed by atoms with Crippen molar-refractivity contribution in [2.45, 2.75) is 25.7 Å². The van der Waals surface area contributed by atoms with E-state index in [0.717, 1.165) is 31.4 Å². The summed E-state index contributed by atoms with van der Waals surface area (Å²) in [5, 5.41) is 8.96. The van der Waals surface area contributed by atoms with Gasteiger partial charge in [0.25, 0.3) is 0 Å². The third-order valence-corrected chi connectivity index (χ3v) is 3.56. The van der Waals surface area contributed by atoms with Crippen LogP contribution in [0.1, 0.15) is 23.1 Å². The van der Waals surface area contributed by atoms with Gasteiger partial charge >= 0.3 is 0 Å². The van der Waals surface area contributed by atoms with E-state index in [1.807, 2.05) is 12.1 Å². The third kappa shape index (κ3) is 4.10. The molecule has 0 heterocycles. The van der Waals surface area contributed by atoms with Crippen LogP contribution in [0, 0.1) is 0 Å². The van der Waals surface area contributed by atoms with Crippen molar-refractivity contribution in [3.63, 3.8) is 0 Å². The van der Waals surface area contributed by atoms with Crippen LogP contribution in [0.5, 0.6) is 5.75 Å². The molecule has 0 aliphatic carbocycles. The van der Waals surface area contributed by atoms with Gasteiger partial charge in [-0.25, -0.2) is 0 Å². The van der Waals surface area contributed by atoms with E-state index < -0.39 is 0 Å². The lowest BCUT2D eigenvalue weighted by molar-refractivity contribution is 0.288. The summed E-state index contributed by atoms with van der Waals surface area (Å²) in [6.45, 7) is 0.257. The fraction of sp³-hybridized carbons (Fsp3) is 0.333.